The highest BCUT2D eigenvalue weighted by Gasteiger charge is 2.24. The summed E-state index contributed by atoms with van der Waals surface area (Å²) in [5.74, 6) is 0.931. The first-order chi connectivity index (χ1) is 8.76. The second-order valence-corrected chi connectivity index (χ2v) is 4.87. The van der Waals surface area contributed by atoms with E-state index in [9.17, 15) is 0 Å². The minimum absolute atomic E-state index is 0.355. The quantitative estimate of drug-likeness (QED) is 0.873. The first-order valence-electron chi connectivity index (χ1n) is 6.54. The van der Waals surface area contributed by atoms with Crippen molar-refractivity contribution in [3.05, 3.63) is 24.3 Å². The monoisotopic (exact) mass is 249 g/mol. The minimum atomic E-state index is 0.355. The molecule has 0 saturated carbocycles. The van der Waals surface area contributed by atoms with Crippen molar-refractivity contribution in [2.24, 2.45) is 5.73 Å². The number of nitrogens with zero attached hydrogens (tertiary/aromatic N) is 2. The van der Waals surface area contributed by atoms with E-state index in [4.69, 9.17) is 10.5 Å². The van der Waals surface area contributed by atoms with Crippen LogP contribution in [0.5, 0.6) is 5.75 Å². The third-order valence-electron chi connectivity index (χ3n) is 3.57. The van der Waals surface area contributed by atoms with Gasteiger partial charge in [0.25, 0.3) is 0 Å². The van der Waals surface area contributed by atoms with E-state index < -0.39 is 0 Å². The molecular formula is C14H23N3O. The molecule has 4 nitrogen and oxygen atoms in total. The summed E-state index contributed by atoms with van der Waals surface area (Å²) in [7, 11) is 3.88. The second kappa shape index (κ2) is 6.07. The SMILES string of the molecule is COc1ccccc1N1CCCN(C)CC1CN. The van der Waals surface area contributed by atoms with E-state index >= 15 is 0 Å². The topological polar surface area (TPSA) is 41.7 Å². The van der Waals surface area contributed by atoms with Crippen LogP contribution in [-0.2, 0) is 0 Å². The highest BCUT2D eigenvalue weighted by molar-refractivity contribution is 5.59. The van der Waals surface area contributed by atoms with Crippen LogP contribution in [-0.4, -0.2) is 51.3 Å². The molecule has 1 fully saturated rings. The zero-order valence-corrected chi connectivity index (χ0v) is 11.3. The molecule has 1 atom stereocenters. The van der Waals surface area contributed by atoms with E-state index in [1.54, 1.807) is 7.11 Å². The fourth-order valence-electron chi connectivity index (χ4n) is 2.63. The summed E-state index contributed by atoms with van der Waals surface area (Å²) in [6, 6.07) is 8.54. The van der Waals surface area contributed by atoms with Crippen LogP contribution >= 0.6 is 0 Å². The number of benzene rings is 1. The molecule has 2 rings (SSSR count). The summed E-state index contributed by atoms with van der Waals surface area (Å²) >= 11 is 0. The summed E-state index contributed by atoms with van der Waals surface area (Å²) in [6.07, 6.45) is 1.16. The van der Waals surface area contributed by atoms with Gasteiger partial charge in [-0.25, -0.2) is 0 Å². The lowest BCUT2D eigenvalue weighted by Gasteiger charge is -2.32. The van der Waals surface area contributed by atoms with Crippen molar-refractivity contribution in [3.63, 3.8) is 0 Å². The van der Waals surface area contributed by atoms with Crippen molar-refractivity contribution in [2.75, 3.05) is 45.2 Å². The molecule has 0 spiro atoms. The van der Waals surface area contributed by atoms with Crippen molar-refractivity contribution in [3.8, 4) is 5.75 Å². The molecule has 0 bridgehead atoms. The molecule has 0 radical (unpaired) electrons. The van der Waals surface area contributed by atoms with Gasteiger partial charge >= 0.3 is 0 Å². The molecule has 1 aromatic rings. The van der Waals surface area contributed by atoms with Crippen LogP contribution in [0.15, 0.2) is 24.3 Å². The number of nitrogens with two attached hydrogens (primary N) is 1. The zero-order chi connectivity index (χ0) is 13.0. The average molecular weight is 249 g/mol. The Morgan fingerprint density at radius 3 is 2.83 bits per heavy atom. The van der Waals surface area contributed by atoms with Crippen LogP contribution in [0.25, 0.3) is 0 Å². The molecule has 0 aliphatic carbocycles. The van der Waals surface area contributed by atoms with Crippen LogP contribution < -0.4 is 15.4 Å². The number of likely N-dealkylation sites (N-methyl/N-ethyl adjacent to an activating group) is 1. The molecule has 4 heteroatoms. The Kier molecular flexibility index (Phi) is 4.44. The summed E-state index contributed by atoms with van der Waals surface area (Å²) < 4.78 is 5.46. The van der Waals surface area contributed by atoms with Gasteiger partial charge in [0.2, 0.25) is 0 Å². The van der Waals surface area contributed by atoms with Gasteiger partial charge in [0.15, 0.2) is 0 Å². The molecule has 0 amide bonds. The standard InChI is InChI=1S/C14H23N3O/c1-16-8-5-9-17(12(10-15)11-16)13-6-3-4-7-14(13)18-2/h3-4,6-7,12H,5,8-11,15H2,1-2H3. The van der Waals surface area contributed by atoms with Crippen molar-refractivity contribution in [2.45, 2.75) is 12.5 Å². The van der Waals surface area contributed by atoms with Gasteiger partial charge in [-0.3, -0.25) is 0 Å². The highest BCUT2D eigenvalue weighted by atomic mass is 16.5. The maximum Gasteiger partial charge on any atom is 0.142 e. The molecular weight excluding hydrogens is 226 g/mol. The van der Waals surface area contributed by atoms with E-state index in [0.717, 1.165) is 37.5 Å². The Hall–Kier alpha value is -1.26. The third-order valence-corrected chi connectivity index (χ3v) is 3.57. The summed E-state index contributed by atoms with van der Waals surface area (Å²) in [5.41, 5.74) is 7.10. The molecule has 100 valence electrons. The number of hydrogen-bond acceptors (Lipinski definition) is 4. The van der Waals surface area contributed by atoms with Crippen LogP contribution in [0, 0.1) is 0 Å². The number of hydrogen-bond donors (Lipinski definition) is 1. The Labute approximate surface area is 109 Å². The number of anilines is 1. The van der Waals surface area contributed by atoms with Gasteiger partial charge in [-0.15, -0.1) is 0 Å². The molecule has 2 N–H and O–H groups in total. The molecule has 1 aliphatic rings. The molecule has 1 heterocycles. The first-order valence-corrected chi connectivity index (χ1v) is 6.54. The lowest BCUT2D eigenvalue weighted by atomic mass is 10.2. The van der Waals surface area contributed by atoms with Crippen molar-refractivity contribution in [1.82, 2.24) is 4.90 Å². The molecule has 1 aromatic carbocycles. The van der Waals surface area contributed by atoms with Gasteiger partial charge in [0.1, 0.15) is 5.75 Å². The molecule has 1 aliphatic heterocycles. The van der Waals surface area contributed by atoms with Crippen LogP contribution in [0.1, 0.15) is 6.42 Å². The Morgan fingerprint density at radius 1 is 1.33 bits per heavy atom. The fourth-order valence-corrected chi connectivity index (χ4v) is 2.63. The van der Waals surface area contributed by atoms with Gasteiger partial charge in [-0.05, 0) is 32.1 Å². The minimum Gasteiger partial charge on any atom is -0.495 e. The lowest BCUT2D eigenvalue weighted by molar-refractivity contribution is 0.332. The van der Waals surface area contributed by atoms with E-state index in [2.05, 4.69) is 29.0 Å². The smallest absolute Gasteiger partial charge is 0.142 e. The molecule has 1 saturated heterocycles. The predicted molar refractivity (Wildman–Crippen MR) is 75.3 cm³/mol. The average Bonchev–Trinajstić information content (AvgIpc) is 2.60. The number of rotatable bonds is 3. The first kappa shape index (κ1) is 13.2. The van der Waals surface area contributed by atoms with Crippen LogP contribution in [0.4, 0.5) is 5.69 Å². The van der Waals surface area contributed by atoms with E-state index in [1.807, 2.05) is 12.1 Å². The lowest BCUT2D eigenvalue weighted by Crippen LogP contribution is -2.45. The summed E-state index contributed by atoms with van der Waals surface area (Å²) in [6.45, 7) is 3.84. The van der Waals surface area contributed by atoms with Gasteiger partial charge in [0.05, 0.1) is 18.8 Å². The Balaban J connectivity index is 2.28. The highest BCUT2D eigenvalue weighted by Crippen LogP contribution is 2.30. The Bertz CT molecular complexity index is 383. The predicted octanol–water partition coefficient (Wildman–Crippen LogP) is 1.16. The zero-order valence-electron chi connectivity index (χ0n) is 11.3. The van der Waals surface area contributed by atoms with Gasteiger partial charge < -0.3 is 20.3 Å². The summed E-state index contributed by atoms with van der Waals surface area (Å²) in [5, 5.41) is 0. The maximum absolute atomic E-state index is 5.95. The van der Waals surface area contributed by atoms with E-state index in [1.165, 1.54) is 0 Å². The Morgan fingerprint density at radius 2 is 2.11 bits per heavy atom. The van der Waals surface area contributed by atoms with E-state index in [-0.39, 0.29) is 0 Å². The largest absolute Gasteiger partial charge is 0.495 e. The van der Waals surface area contributed by atoms with Crippen molar-refractivity contribution < 1.29 is 4.74 Å². The third kappa shape index (κ3) is 2.76. The number of ether oxygens (including phenoxy) is 1. The van der Waals surface area contributed by atoms with E-state index in [0.29, 0.717) is 12.6 Å². The molecule has 1 unspecified atom stereocenters. The van der Waals surface area contributed by atoms with Gasteiger partial charge in [0, 0.05) is 19.6 Å². The summed E-state index contributed by atoms with van der Waals surface area (Å²) in [4.78, 5) is 4.75. The van der Waals surface area contributed by atoms with Crippen molar-refractivity contribution >= 4 is 5.69 Å². The maximum atomic E-state index is 5.95. The van der Waals surface area contributed by atoms with Gasteiger partial charge in [-0.2, -0.15) is 0 Å². The number of para-hydroxylation sites is 2. The second-order valence-electron chi connectivity index (χ2n) is 4.87. The fraction of sp³-hybridized carbons (Fsp3) is 0.571. The van der Waals surface area contributed by atoms with Crippen LogP contribution in [0.3, 0.4) is 0 Å². The molecule has 18 heavy (non-hydrogen) atoms. The van der Waals surface area contributed by atoms with Crippen LogP contribution in [0.2, 0.25) is 0 Å². The number of methoxy groups -OCH3 is 1. The van der Waals surface area contributed by atoms with Crippen molar-refractivity contribution in [1.29, 1.82) is 0 Å². The normalized spacial score (nSPS) is 21.7. The molecule has 0 aromatic heterocycles. The van der Waals surface area contributed by atoms with Gasteiger partial charge in [-0.1, -0.05) is 12.1 Å².